The van der Waals surface area contributed by atoms with Crippen LogP contribution in [0.1, 0.15) is 92.6 Å². The molecular weight excluding hydrogens is 859 g/mol. The first kappa shape index (κ1) is 47.7. The van der Waals surface area contributed by atoms with Gasteiger partial charge in [0.05, 0.1) is 48.5 Å². The molecule has 2 bridgehead atoms. The maximum Gasteiger partial charge on any atom is 0.338 e. The van der Waals surface area contributed by atoms with Crippen LogP contribution >= 0.6 is 0 Å². The Kier molecular flexibility index (Phi) is 13.1. The molecule has 3 aromatic rings. The second kappa shape index (κ2) is 18.2. The zero-order valence-electron chi connectivity index (χ0n) is 37.0. The number of carboxylic acids is 1. The average Bonchev–Trinajstić information content (AvgIpc) is 3.28. The van der Waals surface area contributed by atoms with Gasteiger partial charge in [-0.25, -0.2) is 9.59 Å². The number of aliphatic hydroxyl groups is 3. The van der Waals surface area contributed by atoms with Crippen molar-refractivity contribution in [1.82, 2.24) is 5.32 Å². The van der Waals surface area contributed by atoms with Crippen LogP contribution in [0.2, 0.25) is 0 Å². The number of ether oxygens (including phenoxy) is 5. The highest BCUT2D eigenvalue weighted by atomic mass is 16.6. The Morgan fingerprint density at radius 1 is 0.848 bits per heavy atom. The average molecular weight is 912 g/mol. The Bertz CT molecular complexity index is 2420. The third-order valence-electron chi connectivity index (χ3n) is 14.0. The summed E-state index contributed by atoms with van der Waals surface area (Å²) in [7, 11) is 0. The highest BCUT2D eigenvalue weighted by Gasteiger charge is 2.78. The molecule has 1 saturated heterocycles. The number of benzene rings is 3. The van der Waals surface area contributed by atoms with Crippen molar-refractivity contribution in [2.45, 2.75) is 114 Å². The third kappa shape index (κ3) is 8.29. The molecule has 3 aliphatic carbocycles. The summed E-state index contributed by atoms with van der Waals surface area (Å²) >= 11 is 0. The first-order valence-corrected chi connectivity index (χ1v) is 21.6. The van der Waals surface area contributed by atoms with Crippen LogP contribution in [-0.4, -0.2) is 116 Å². The lowest BCUT2D eigenvalue weighted by molar-refractivity contribution is -0.346. The van der Waals surface area contributed by atoms with Crippen molar-refractivity contribution >= 4 is 41.5 Å². The molecule has 17 nitrogen and oxygen atoms in total. The lowest BCUT2D eigenvalue weighted by Gasteiger charge is -2.67. The first-order chi connectivity index (χ1) is 31.2. The van der Waals surface area contributed by atoms with Gasteiger partial charge in [0.25, 0.3) is 5.91 Å². The van der Waals surface area contributed by atoms with Crippen molar-refractivity contribution in [2.75, 3.05) is 6.61 Å². The van der Waals surface area contributed by atoms with E-state index in [4.69, 9.17) is 23.7 Å². The Morgan fingerprint density at radius 2 is 1.44 bits per heavy atom. The Hall–Kier alpha value is -6.27. The fourth-order valence-corrected chi connectivity index (χ4v) is 10.4. The lowest BCUT2D eigenvalue weighted by atomic mass is 9.44. The zero-order valence-corrected chi connectivity index (χ0v) is 37.0. The molecule has 5 N–H and O–H groups in total. The van der Waals surface area contributed by atoms with E-state index >= 15 is 4.79 Å². The number of amides is 1. The van der Waals surface area contributed by atoms with Gasteiger partial charge >= 0.3 is 29.8 Å². The minimum absolute atomic E-state index is 0.0249. The predicted molar refractivity (Wildman–Crippen MR) is 229 cm³/mol. The van der Waals surface area contributed by atoms with Crippen LogP contribution in [0.25, 0.3) is 0 Å². The fourth-order valence-electron chi connectivity index (χ4n) is 10.4. The van der Waals surface area contributed by atoms with E-state index < -0.39 is 131 Å². The maximum absolute atomic E-state index is 15.7. The van der Waals surface area contributed by atoms with Gasteiger partial charge in [-0.3, -0.25) is 24.0 Å². The number of nitrogens with one attached hydrogen (secondary N) is 1. The van der Waals surface area contributed by atoms with Crippen molar-refractivity contribution in [1.29, 1.82) is 0 Å². The summed E-state index contributed by atoms with van der Waals surface area (Å²) in [6.07, 6.45) is -12.6. The van der Waals surface area contributed by atoms with E-state index in [1.165, 1.54) is 39.8 Å². The van der Waals surface area contributed by atoms with Crippen molar-refractivity contribution < 1.29 is 77.7 Å². The van der Waals surface area contributed by atoms with Crippen LogP contribution in [0.15, 0.2) is 102 Å². The highest BCUT2D eigenvalue weighted by Crippen LogP contribution is 2.64. The number of carboxylic acid groups (broad SMARTS) is 1. The molecule has 3 fully saturated rings. The van der Waals surface area contributed by atoms with E-state index in [0.717, 1.165) is 6.92 Å². The van der Waals surface area contributed by atoms with E-state index in [1.54, 1.807) is 78.9 Å². The second-order valence-electron chi connectivity index (χ2n) is 18.1. The van der Waals surface area contributed by atoms with Crippen LogP contribution in [0, 0.1) is 16.7 Å². The molecule has 66 heavy (non-hydrogen) atoms. The Balaban J connectivity index is 1.40. The monoisotopic (exact) mass is 911 g/mol. The molecular formula is C49H53NO16. The van der Waals surface area contributed by atoms with Gasteiger partial charge in [0.15, 0.2) is 23.6 Å². The quantitative estimate of drug-likeness (QED) is 0.0933. The molecule has 0 aromatic heterocycles. The summed E-state index contributed by atoms with van der Waals surface area (Å²) in [5.41, 5.74) is -7.81. The van der Waals surface area contributed by atoms with Gasteiger partial charge in [-0.05, 0) is 54.8 Å². The smallest absolute Gasteiger partial charge is 0.338 e. The zero-order chi connectivity index (χ0) is 47.9. The summed E-state index contributed by atoms with van der Waals surface area (Å²) in [4.78, 5) is 96.2. The van der Waals surface area contributed by atoms with Crippen LogP contribution in [0.4, 0.5) is 0 Å². The number of esters is 4. The molecule has 1 heterocycles. The van der Waals surface area contributed by atoms with Gasteiger partial charge in [0.2, 0.25) is 0 Å². The van der Waals surface area contributed by atoms with E-state index in [0.29, 0.717) is 5.56 Å². The molecule has 3 aromatic carbocycles. The number of hydrogen-bond donors (Lipinski definition) is 5. The number of rotatable bonds is 13. The maximum atomic E-state index is 15.7. The van der Waals surface area contributed by atoms with Gasteiger partial charge in [0.1, 0.15) is 23.9 Å². The standard InChI is InChI=1S/C49H53NO16/c1-26-31(63-45(60)38(56)37(28-15-9-6-10-16-28)50-43(58)29-17-11-7-12-18-29)24-49(61)42(65-44(59)30-19-13-8-14-20-30)40-47(5,32(52)23-33-48(40,25-62-33)66-27(2)51)41(57)39(36(26)46(49,3)4)64-35(55)22-21-34(53)54/h6-20,31-33,37-40,42,52,56,61H,21-25H2,1-5H3,(H,50,58)(H,53,54)/t31-,32-,33+,37-,38+,39+,40?,42-,47+,48-,49+/m0/s1. The predicted octanol–water partition coefficient (Wildman–Crippen LogP) is 3.58. The molecule has 4 aliphatic rings. The van der Waals surface area contributed by atoms with Crippen molar-refractivity contribution in [2.24, 2.45) is 16.7 Å². The van der Waals surface area contributed by atoms with Crippen LogP contribution in [0.5, 0.6) is 0 Å². The van der Waals surface area contributed by atoms with Gasteiger partial charge in [-0.2, -0.15) is 0 Å². The number of fused-ring (bicyclic) bond motifs is 5. The molecule has 17 heteroatoms. The molecule has 350 valence electrons. The Morgan fingerprint density at radius 3 is 2.00 bits per heavy atom. The number of aliphatic carboxylic acids is 1. The SMILES string of the molecule is CC(=O)O[C@@]12CO[C@@H]1C[C@H](O)[C@@]1(C)C(=O)[C@H](OC(=O)CCC(=O)O)C3=C(C)[C@@H](OC(=O)[C@H](O)[C@@H](NC(=O)c4ccccc4)c4ccccc4)C[C@@](O)([C@@H](OC(=O)c4ccccc4)C12)C3(C)C. The third-order valence-corrected chi connectivity index (χ3v) is 14.0. The van der Waals surface area contributed by atoms with Crippen LogP contribution < -0.4 is 5.32 Å². The molecule has 1 unspecified atom stereocenters. The number of Topliss-reactive ketones (excluding diaryl/α,β-unsaturated/α-hetero) is 1. The van der Waals surface area contributed by atoms with Crippen LogP contribution in [-0.2, 0) is 47.7 Å². The molecule has 1 aliphatic heterocycles. The second-order valence-corrected chi connectivity index (χ2v) is 18.1. The molecule has 11 atom stereocenters. The van der Waals surface area contributed by atoms with Crippen LogP contribution in [0.3, 0.4) is 0 Å². The minimum atomic E-state index is -2.49. The largest absolute Gasteiger partial charge is 0.481 e. The lowest BCUT2D eigenvalue weighted by Crippen LogP contribution is -2.82. The summed E-state index contributed by atoms with van der Waals surface area (Å²) in [5, 5.41) is 49.9. The normalized spacial score (nSPS) is 30.6. The van der Waals surface area contributed by atoms with E-state index in [-0.39, 0.29) is 35.3 Å². The van der Waals surface area contributed by atoms with Gasteiger partial charge < -0.3 is 49.4 Å². The minimum Gasteiger partial charge on any atom is -0.481 e. The molecule has 7 rings (SSSR count). The number of carbonyl (C=O) groups is 7. The summed E-state index contributed by atoms with van der Waals surface area (Å²) in [5.74, 6) is -8.84. The summed E-state index contributed by atoms with van der Waals surface area (Å²) in [6.45, 7) is 6.52. The number of ketones is 1. The first-order valence-electron chi connectivity index (χ1n) is 21.6. The van der Waals surface area contributed by atoms with Crippen molar-refractivity contribution in [3.05, 3.63) is 119 Å². The van der Waals surface area contributed by atoms with E-state index in [9.17, 15) is 49.2 Å². The van der Waals surface area contributed by atoms with Gasteiger partial charge in [-0.1, -0.05) is 80.6 Å². The molecule has 1 amide bonds. The van der Waals surface area contributed by atoms with Gasteiger partial charge in [-0.15, -0.1) is 0 Å². The topological polar surface area (TPSA) is 259 Å². The molecule has 0 spiro atoms. The summed E-state index contributed by atoms with van der Waals surface area (Å²) in [6, 6.07) is 22.5. The summed E-state index contributed by atoms with van der Waals surface area (Å²) < 4.78 is 30.4. The fraction of sp³-hybridized carbons (Fsp3) is 0.449. The number of carbonyl (C=O) groups excluding carboxylic acids is 6. The van der Waals surface area contributed by atoms with Crippen molar-refractivity contribution in [3.63, 3.8) is 0 Å². The number of hydrogen-bond acceptors (Lipinski definition) is 15. The van der Waals surface area contributed by atoms with E-state index in [1.807, 2.05) is 0 Å². The van der Waals surface area contributed by atoms with Crippen molar-refractivity contribution in [3.8, 4) is 0 Å². The molecule has 2 saturated carbocycles. The Labute approximate surface area is 380 Å². The number of aliphatic hydroxyl groups excluding tert-OH is 2. The highest BCUT2D eigenvalue weighted by molar-refractivity contribution is 5.96. The van der Waals surface area contributed by atoms with E-state index in [2.05, 4.69) is 5.32 Å². The van der Waals surface area contributed by atoms with Gasteiger partial charge in [0, 0.05) is 30.7 Å². The molecule has 0 radical (unpaired) electrons.